The van der Waals surface area contributed by atoms with E-state index in [0.717, 1.165) is 42.9 Å². The van der Waals surface area contributed by atoms with Crippen LogP contribution in [0.3, 0.4) is 0 Å². The minimum absolute atomic E-state index is 0.668. The molecule has 21 heavy (non-hydrogen) atoms. The Bertz CT molecular complexity index is 490. The minimum atomic E-state index is 0.668. The maximum atomic E-state index is 6.11. The van der Waals surface area contributed by atoms with E-state index >= 15 is 0 Å². The van der Waals surface area contributed by atoms with Crippen LogP contribution in [0.2, 0.25) is 5.02 Å². The summed E-state index contributed by atoms with van der Waals surface area (Å²) in [5, 5.41) is 4.82. The van der Waals surface area contributed by atoms with Gasteiger partial charge in [0.05, 0.1) is 6.61 Å². The largest absolute Gasteiger partial charge is 0.383 e. The maximum absolute atomic E-state index is 6.11. The molecule has 2 rings (SSSR count). The molecule has 1 aromatic rings. The Morgan fingerprint density at radius 2 is 2.05 bits per heavy atom. The maximum Gasteiger partial charge on any atom is 0.169 e. The van der Waals surface area contributed by atoms with E-state index in [-0.39, 0.29) is 0 Å². The summed E-state index contributed by atoms with van der Waals surface area (Å²) in [6.45, 7) is 7.29. The molecule has 1 aliphatic heterocycles. The zero-order valence-electron chi connectivity index (χ0n) is 12.6. The molecule has 0 aromatic heterocycles. The topological polar surface area (TPSA) is 27.7 Å². The number of hydrogen-bond donors (Lipinski definition) is 1. The van der Waals surface area contributed by atoms with Crippen molar-refractivity contribution >= 4 is 34.6 Å². The molecule has 0 saturated carbocycles. The average molecular weight is 328 g/mol. The molecule has 0 aliphatic carbocycles. The second-order valence-corrected chi connectivity index (χ2v) is 5.95. The van der Waals surface area contributed by atoms with Gasteiger partial charge in [-0.3, -0.25) is 0 Å². The summed E-state index contributed by atoms with van der Waals surface area (Å²) >= 11 is 11.5. The standard InChI is InChI=1S/C15H22ClN3OS/c1-12-3-4-13(16)11-14(12)18-6-8-19(9-7-18)15(21)17-5-10-20-2/h3-4,11H,5-10H2,1-2H3,(H,17,21). The highest BCUT2D eigenvalue weighted by Gasteiger charge is 2.20. The van der Waals surface area contributed by atoms with Gasteiger partial charge < -0.3 is 19.9 Å². The number of methoxy groups -OCH3 is 1. The highest BCUT2D eigenvalue weighted by Crippen LogP contribution is 2.25. The molecule has 0 bridgehead atoms. The highest BCUT2D eigenvalue weighted by molar-refractivity contribution is 7.80. The van der Waals surface area contributed by atoms with E-state index in [2.05, 4.69) is 28.1 Å². The second kappa shape index (κ2) is 7.82. The molecule has 116 valence electrons. The molecule has 1 saturated heterocycles. The van der Waals surface area contributed by atoms with Crippen LogP contribution in [0.1, 0.15) is 5.56 Å². The van der Waals surface area contributed by atoms with E-state index in [1.807, 2.05) is 12.1 Å². The molecule has 0 unspecified atom stereocenters. The number of halogens is 1. The lowest BCUT2D eigenvalue weighted by Crippen LogP contribution is -2.52. The Morgan fingerprint density at radius 3 is 2.71 bits per heavy atom. The molecule has 0 spiro atoms. The third kappa shape index (κ3) is 4.46. The number of nitrogens with one attached hydrogen (secondary N) is 1. The number of nitrogens with zero attached hydrogens (tertiary/aromatic N) is 2. The van der Waals surface area contributed by atoms with Crippen LogP contribution in [0.15, 0.2) is 18.2 Å². The number of hydrogen-bond acceptors (Lipinski definition) is 3. The number of anilines is 1. The summed E-state index contributed by atoms with van der Waals surface area (Å²) in [6.07, 6.45) is 0. The lowest BCUT2D eigenvalue weighted by Gasteiger charge is -2.38. The molecule has 4 nitrogen and oxygen atoms in total. The minimum Gasteiger partial charge on any atom is -0.383 e. The van der Waals surface area contributed by atoms with Crippen LogP contribution in [-0.2, 0) is 4.74 Å². The van der Waals surface area contributed by atoms with Gasteiger partial charge in [0.2, 0.25) is 0 Å². The van der Waals surface area contributed by atoms with Crippen LogP contribution >= 0.6 is 23.8 Å². The molecular weight excluding hydrogens is 306 g/mol. The number of piperazine rings is 1. The lowest BCUT2D eigenvalue weighted by molar-refractivity contribution is 0.202. The predicted octanol–water partition coefficient (Wildman–Crippen LogP) is 2.29. The third-order valence-corrected chi connectivity index (χ3v) is 4.30. The SMILES string of the molecule is COCCNC(=S)N1CCN(c2cc(Cl)ccc2C)CC1. The van der Waals surface area contributed by atoms with Gasteiger partial charge in [0.1, 0.15) is 0 Å². The average Bonchev–Trinajstić information content (AvgIpc) is 2.50. The van der Waals surface area contributed by atoms with E-state index in [1.165, 1.54) is 11.3 Å². The van der Waals surface area contributed by atoms with Crippen molar-refractivity contribution in [2.75, 3.05) is 51.3 Å². The van der Waals surface area contributed by atoms with Gasteiger partial charge in [0.25, 0.3) is 0 Å². The van der Waals surface area contributed by atoms with Gasteiger partial charge in [0, 0.05) is 50.5 Å². The van der Waals surface area contributed by atoms with E-state index in [4.69, 9.17) is 28.6 Å². The molecular formula is C15H22ClN3OS. The van der Waals surface area contributed by atoms with Crippen LogP contribution < -0.4 is 10.2 Å². The summed E-state index contributed by atoms with van der Waals surface area (Å²) in [5.74, 6) is 0. The van der Waals surface area contributed by atoms with Crippen LogP contribution in [0.25, 0.3) is 0 Å². The summed E-state index contributed by atoms with van der Waals surface area (Å²) in [7, 11) is 1.69. The summed E-state index contributed by atoms with van der Waals surface area (Å²) in [4.78, 5) is 4.58. The quantitative estimate of drug-likeness (QED) is 0.676. The van der Waals surface area contributed by atoms with E-state index in [0.29, 0.717) is 6.61 Å². The smallest absolute Gasteiger partial charge is 0.169 e. The summed E-state index contributed by atoms with van der Waals surface area (Å²) < 4.78 is 5.02. The van der Waals surface area contributed by atoms with Gasteiger partial charge in [-0.05, 0) is 36.8 Å². The van der Waals surface area contributed by atoms with Crippen LogP contribution in [-0.4, -0.2) is 56.5 Å². The molecule has 0 amide bonds. The Kier molecular flexibility index (Phi) is 6.08. The van der Waals surface area contributed by atoms with E-state index < -0.39 is 0 Å². The Hall–Kier alpha value is -1.04. The van der Waals surface area contributed by atoms with Gasteiger partial charge >= 0.3 is 0 Å². The first-order valence-corrected chi connectivity index (χ1v) is 7.93. The predicted molar refractivity (Wildman–Crippen MR) is 92.5 cm³/mol. The second-order valence-electron chi connectivity index (χ2n) is 5.13. The normalized spacial score (nSPS) is 15.2. The molecule has 1 fully saturated rings. The summed E-state index contributed by atoms with van der Waals surface area (Å²) in [6, 6.07) is 6.05. The molecule has 0 atom stereocenters. The Labute approximate surface area is 137 Å². The zero-order valence-corrected chi connectivity index (χ0v) is 14.1. The Morgan fingerprint density at radius 1 is 1.33 bits per heavy atom. The first-order valence-electron chi connectivity index (χ1n) is 7.14. The molecule has 0 radical (unpaired) electrons. The zero-order chi connectivity index (χ0) is 15.2. The number of ether oxygens (including phenoxy) is 1. The number of thiocarbonyl (C=S) groups is 1. The van der Waals surface area contributed by atoms with Crippen molar-refractivity contribution in [2.24, 2.45) is 0 Å². The van der Waals surface area contributed by atoms with Gasteiger partial charge in [0.15, 0.2) is 5.11 Å². The highest BCUT2D eigenvalue weighted by atomic mass is 35.5. The van der Waals surface area contributed by atoms with Crippen molar-refractivity contribution in [3.05, 3.63) is 28.8 Å². The number of rotatable bonds is 4. The Balaban J connectivity index is 1.88. The van der Waals surface area contributed by atoms with Crippen LogP contribution in [0.5, 0.6) is 0 Å². The van der Waals surface area contributed by atoms with Crippen molar-refractivity contribution in [1.29, 1.82) is 0 Å². The first-order chi connectivity index (χ1) is 10.1. The fourth-order valence-electron chi connectivity index (χ4n) is 2.45. The molecule has 1 heterocycles. The molecule has 6 heteroatoms. The fourth-order valence-corrected chi connectivity index (χ4v) is 2.90. The lowest BCUT2D eigenvalue weighted by atomic mass is 10.1. The van der Waals surface area contributed by atoms with Crippen LogP contribution in [0, 0.1) is 6.92 Å². The van der Waals surface area contributed by atoms with Crippen molar-refractivity contribution < 1.29 is 4.74 Å². The van der Waals surface area contributed by atoms with E-state index in [9.17, 15) is 0 Å². The molecule has 1 N–H and O–H groups in total. The van der Waals surface area contributed by atoms with Crippen molar-refractivity contribution in [1.82, 2.24) is 10.2 Å². The molecule has 1 aromatic carbocycles. The van der Waals surface area contributed by atoms with Gasteiger partial charge in [-0.1, -0.05) is 17.7 Å². The van der Waals surface area contributed by atoms with Gasteiger partial charge in [-0.2, -0.15) is 0 Å². The van der Waals surface area contributed by atoms with Crippen molar-refractivity contribution in [2.45, 2.75) is 6.92 Å². The van der Waals surface area contributed by atoms with Crippen molar-refractivity contribution in [3.8, 4) is 0 Å². The van der Waals surface area contributed by atoms with E-state index in [1.54, 1.807) is 7.11 Å². The van der Waals surface area contributed by atoms with Gasteiger partial charge in [-0.25, -0.2) is 0 Å². The molecule has 1 aliphatic rings. The fraction of sp³-hybridized carbons (Fsp3) is 0.533. The van der Waals surface area contributed by atoms with Crippen LogP contribution in [0.4, 0.5) is 5.69 Å². The monoisotopic (exact) mass is 327 g/mol. The summed E-state index contributed by atoms with van der Waals surface area (Å²) in [5.41, 5.74) is 2.48. The third-order valence-electron chi connectivity index (χ3n) is 3.66. The van der Waals surface area contributed by atoms with Gasteiger partial charge in [-0.15, -0.1) is 0 Å². The number of aryl methyl sites for hydroxylation is 1. The first kappa shape index (κ1) is 16.3. The number of benzene rings is 1. The van der Waals surface area contributed by atoms with Crippen molar-refractivity contribution in [3.63, 3.8) is 0 Å².